The monoisotopic (exact) mass is 547 g/mol. The number of nitrogen functional groups attached to an aromatic ring is 1. The van der Waals surface area contributed by atoms with Crippen molar-refractivity contribution in [1.29, 1.82) is 0 Å². The first-order chi connectivity index (χ1) is 18.0. The smallest absolute Gasteiger partial charge is 0.407 e. The molecule has 0 aromatic heterocycles. The molecule has 3 atom stereocenters. The van der Waals surface area contributed by atoms with Gasteiger partial charge in [0.15, 0.2) is 0 Å². The third-order valence-corrected chi connectivity index (χ3v) is 7.98. The van der Waals surface area contributed by atoms with Gasteiger partial charge in [-0.1, -0.05) is 44.2 Å². The van der Waals surface area contributed by atoms with Gasteiger partial charge in [0.1, 0.15) is 6.10 Å². The summed E-state index contributed by atoms with van der Waals surface area (Å²) in [6, 6.07) is 15.3. The van der Waals surface area contributed by atoms with E-state index in [2.05, 4.69) is 5.32 Å². The zero-order valence-corrected chi connectivity index (χ0v) is 23.5. The van der Waals surface area contributed by atoms with E-state index in [1.807, 2.05) is 58.0 Å². The Morgan fingerprint density at radius 2 is 1.76 bits per heavy atom. The van der Waals surface area contributed by atoms with E-state index in [0.717, 1.165) is 5.56 Å². The number of alkyl carbamates (subject to hydrolysis) is 1. The van der Waals surface area contributed by atoms with Crippen molar-refractivity contribution in [3.63, 3.8) is 0 Å². The van der Waals surface area contributed by atoms with Crippen molar-refractivity contribution in [2.45, 2.75) is 69.8 Å². The number of amides is 1. The molecule has 2 aromatic carbocycles. The minimum absolute atomic E-state index is 0.0490. The molecule has 1 heterocycles. The van der Waals surface area contributed by atoms with Gasteiger partial charge in [-0.05, 0) is 56.0 Å². The number of hydrogen-bond acceptors (Lipinski definition) is 7. The number of benzene rings is 2. The van der Waals surface area contributed by atoms with E-state index in [4.69, 9.17) is 19.9 Å². The van der Waals surface area contributed by atoms with Gasteiger partial charge in [-0.25, -0.2) is 13.2 Å². The van der Waals surface area contributed by atoms with E-state index in [0.29, 0.717) is 31.7 Å². The van der Waals surface area contributed by atoms with Gasteiger partial charge in [0.2, 0.25) is 10.0 Å². The van der Waals surface area contributed by atoms with Crippen molar-refractivity contribution in [3.05, 3.63) is 60.2 Å². The maximum Gasteiger partial charge on any atom is 0.407 e. The fraction of sp³-hybridized carbons (Fsp3) is 0.536. The lowest BCUT2D eigenvalue weighted by Gasteiger charge is -2.34. The highest BCUT2D eigenvalue weighted by Gasteiger charge is 2.34. The molecule has 210 valence electrons. The van der Waals surface area contributed by atoms with Crippen molar-refractivity contribution in [2.24, 2.45) is 5.92 Å². The van der Waals surface area contributed by atoms with Crippen molar-refractivity contribution >= 4 is 21.8 Å². The third-order valence-electron chi connectivity index (χ3n) is 6.13. The Labute approximate surface area is 226 Å². The minimum atomic E-state index is -3.86. The number of carbonyl (C=O) groups excluding carboxylic acids is 1. The molecule has 3 rings (SSSR count). The number of nitrogens with one attached hydrogen (secondary N) is 1. The summed E-state index contributed by atoms with van der Waals surface area (Å²) < 4.78 is 46.1. The summed E-state index contributed by atoms with van der Waals surface area (Å²) in [6.07, 6.45) is -0.656. The highest BCUT2D eigenvalue weighted by Crippen LogP contribution is 2.22. The Morgan fingerprint density at radius 1 is 1.08 bits per heavy atom. The second kappa shape index (κ2) is 13.9. The van der Waals surface area contributed by atoms with Gasteiger partial charge in [-0.15, -0.1) is 0 Å². The SMILES string of the molecule is CC(C)CN(C[C@@H](OC(C)C)[C@H](Cc1ccccc1)NC(=O)O[C@H]1CCOC1)S(=O)(=O)c1ccc(N)cc1. The normalized spacial score (nSPS) is 17.6. The van der Waals surface area contributed by atoms with Crippen LogP contribution >= 0.6 is 0 Å². The Balaban J connectivity index is 1.91. The van der Waals surface area contributed by atoms with Gasteiger partial charge < -0.3 is 25.3 Å². The number of nitrogens with zero attached hydrogens (tertiary/aromatic N) is 1. The largest absolute Gasteiger partial charge is 0.444 e. The number of ether oxygens (including phenoxy) is 3. The van der Waals surface area contributed by atoms with Gasteiger partial charge >= 0.3 is 6.09 Å². The van der Waals surface area contributed by atoms with Gasteiger partial charge in [-0.3, -0.25) is 0 Å². The molecule has 0 bridgehead atoms. The van der Waals surface area contributed by atoms with Crippen LogP contribution < -0.4 is 11.1 Å². The fourth-order valence-electron chi connectivity index (χ4n) is 4.37. The molecule has 0 aliphatic carbocycles. The first-order valence-corrected chi connectivity index (χ1v) is 14.6. The summed E-state index contributed by atoms with van der Waals surface area (Å²) in [5.41, 5.74) is 7.26. The van der Waals surface area contributed by atoms with Crippen molar-refractivity contribution in [2.75, 3.05) is 32.0 Å². The number of carbonyl (C=O) groups is 1. The van der Waals surface area contributed by atoms with E-state index < -0.39 is 28.3 Å². The fourth-order valence-corrected chi connectivity index (χ4v) is 5.98. The molecule has 0 radical (unpaired) electrons. The average molecular weight is 548 g/mol. The van der Waals surface area contributed by atoms with E-state index in [-0.39, 0.29) is 36.1 Å². The highest BCUT2D eigenvalue weighted by molar-refractivity contribution is 7.89. The summed E-state index contributed by atoms with van der Waals surface area (Å²) >= 11 is 0. The van der Waals surface area contributed by atoms with E-state index in [1.165, 1.54) is 16.4 Å². The first kappa shape index (κ1) is 29.9. The number of rotatable bonds is 13. The average Bonchev–Trinajstić information content (AvgIpc) is 3.36. The Kier molecular flexibility index (Phi) is 11.0. The predicted octanol–water partition coefficient (Wildman–Crippen LogP) is 3.84. The molecular weight excluding hydrogens is 506 g/mol. The first-order valence-electron chi connectivity index (χ1n) is 13.1. The van der Waals surface area contributed by atoms with Crippen molar-refractivity contribution < 1.29 is 27.4 Å². The predicted molar refractivity (Wildman–Crippen MR) is 147 cm³/mol. The molecule has 0 saturated carbocycles. The molecule has 38 heavy (non-hydrogen) atoms. The van der Waals surface area contributed by atoms with E-state index >= 15 is 0 Å². The quantitative estimate of drug-likeness (QED) is 0.366. The van der Waals surface area contributed by atoms with E-state index in [9.17, 15) is 13.2 Å². The molecule has 0 unspecified atom stereocenters. The number of sulfonamides is 1. The Morgan fingerprint density at radius 3 is 2.34 bits per heavy atom. The van der Waals surface area contributed by atoms with Crippen LogP contribution in [0.3, 0.4) is 0 Å². The van der Waals surface area contributed by atoms with Gasteiger partial charge in [0, 0.05) is 25.2 Å². The van der Waals surface area contributed by atoms with Crippen LogP contribution in [0.4, 0.5) is 10.5 Å². The van der Waals surface area contributed by atoms with Gasteiger partial charge in [-0.2, -0.15) is 4.31 Å². The lowest BCUT2D eigenvalue weighted by Crippen LogP contribution is -2.53. The molecule has 1 fully saturated rings. The van der Waals surface area contributed by atoms with Crippen LogP contribution in [0.15, 0.2) is 59.5 Å². The van der Waals surface area contributed by atoms with Gasteiger partial charge in [0.05, 0.1) is 36.4 Å². The number of nitrogens with two attached hydrogens (primary N) is 1. The summed E-state index contributed by atoms with van der Waals surface area (Å²) in [6.45, 7) is 8.96. The van der Waals surface area contributed by atoms with Crippen molar-refractivity contribution in [3.8, 4) is 0 Å². The van der Waals surface area contributed by atoms with Crippen LogP contribution in [-0.2, 0) is 30.7 Å². The van der Waals surface area contributed by atoms with Crippen LogP contribution in [0.1, 0.15) is 39.7 Å². The zero-order valence-electron chi connectivity index (χ0n) is 22.7. The van der Waals surface area contributed by atoms with Crippen LogP contribution in [0.25, 0.3) is 0 Å². The maximum atomic E-state index is 13.7. The van der Waals surface area contributed by atoms with Gasteiger partial charge in [0.25, 0.3) is 0 Å². The highest BCUT2D eigenvalue weighted by atomic mass is 32.2. The molecule has 1 saturated heterocycles. The zero-order chi connectivity index (χ0) is 27.7. The number of hydrogen-bond donors (Lipinski definition) is 2. The molecule has 2 aromatic rings. The summed E-state index contributed by atoms with van der Waals surface area (Å²) in [5.74, 6) is 0.0612. The molecular formula is C28H41N3O6S. The molecule has 10 heteroatoms. The van der Waals surface area contributed by atoms with Crippen LogP contribution in [-0.4, -0.2) is 69.5 Å². The Bertz CT molecular complexity index is 1100. The van der Waals surface area contributed by atoms with Crippen LogP contribution in [0.2, 0.25) is 0 Å². The van der Waals surface area contributed by atoms with E-state index in [1.54, 1.807) is 12.1 Å². The Hall–Kier alpha value is -2.66. The lowest BCUT2D eigenvalue weighted by molar-refractivity contribution is -0.0241. The second-order valence-electron chi connectivity index (χ2n) is 10.3. The second-order valence-corrected chi connectivity index (χ2v) is 12.3. The molecule has 1 aliphatic heterocycles. The topological polar surface area (TPSA) is 120 Å². The summed E-state index contributed by atoms with van der Waals surface area (Å²) in [4.78, 5) is 13.1. The summed E-state index contributed by atoms with van der Waals surface area (Å²) in [7, 11) is -3.86. The third kappa shape index (κ3) is 8.97. The maximum absolute atomic E-state index is 13.7. The summed E-state index contributed by atoms with van der Waals surface area (Å²) in [5, 5.41) is 2.98. The molecule has 3 N–H and O–H groups in total. The number of anilines is 1. The molecule has 0 spiro atoms. The lowest BCUT2D eigenvalue weighted by atomic mass is 10.0. The van der Waals surface area contributed by atoms with Crippen LogP contribution in [0.5, 0.6) is 0 Å². The van der Waals surface area contributed by atoms with Crippen LogP contribution in [0, 0.1) is 5.92 Å². The van der Waals surface area contributed by atoms with Crippen molar-refractivity contribution in [1.82, 2.24) is 9.62 Å². The molecule has 9 nitrogen and oxygen atoms in total. The standard InChI is InChI=1S/C28H41N3O6S/c1-20(2)17-31(38(33,34)25-12-10-23(29)11-13-25)18-27(36-21(3)4)26(16-22-8-6-5-7-9-22)30-28(32)37-24-14-15-35-19-24/h5-13,20-21,24,26-27H,14-19,29H2,1-4H3,(H,30,32)/t24-,26-,27+/m0/s1. The minimum Gasteiger partial charge on any atom is -0.444 e. The molecule has 1 amide bonds. The molecule has 1 aliphatic rings.